The molecule has 12 heteroatoms. The molecule has 1 aliphatic carbocycles. The fourth-order valence-corrected chi connectivity index (χ4v) is 5.34. The summed E-state index contributed by atoms with van der Waals surface area (Å²) < 4.78 is 9.50. The highest BCUT2D eigenvalue weighted by Crippen LogP contribution is 2.48. The number of anilines is 1. The molecule has 0 aromatic carbocycles. The zero-order valence-electron chi connectivity index (χ0n) is 17.0. The molecule has 1 saturated heterocycles. The number of H-pyrrole nitrogens is 1. The van der Waals surface area contributed by atoms with Crippen LogP contribution < -0.4 is 10.2 Å². The Morgan fingerprint density at radius 3 is 2.42 bits per heavy atom. The van der Waals surface area contributed by atoms with Gasteiger partial charge in [-0.25, -0.2) is 9.78 Å². The normalized spacial score (nSPS) is 21.6. The molecule has 9 nitrogen and oxygen atoms in total. The van der Waals surface area contributed by atoms with E-state index in [0.717, 1.165) is 0 Å². The van der Waals surface area contributed by atoms with Crippen molar-refractivity contribution >= 4 is 57.5 Å². The first-order valence-corrected chi connectivity index (χ1v) is 11.1. The van der Waals surface area contributed by atoms with Crippen molar-refractivity contribution in [2.75, 3.05) is 32.2 Å². The highest BCUT2D eigenvalue weighted by Gasteiger charge is 2.57. The van der Waals surface area contributed by atoms with Crippen LogP contribution in [-0.2, 0) is 20.7 Å². The number of hydrogen-bond donors (Lipinski definition) is 2. The topological polar surface area (TPSA) is 114 Å². The summed E-state index contributed by atoms with van der Waals surface area (Å²) in [4.78, 5) is 46.0. The largest absolute Gasteiger partial charge is 0.469 e. The number of rotatable bonds is 6. The minimum atomic E-state index is -0.533. The van der Waals surface area contributed by atoms with E-state index in [1.165, 1.54) is 25.6 Å². The minimum absolute atomic E-state index is 0.0387. The van der Waals surface area contributed by atoms with Crippen LogP contribution in [0.25, 0.3) is 0 Å². The van der Waals surface area contributed by atoms with E-state index in [-0.39, 0.29) is 40.9 Å². The predicted molar refractivity (Wildman–Crippen MR) is 115 cm³/mol. The average molecular weight is 487 g/mol. The summed E-state index contributed by atoms with van der Waals surface area (Å²) in [7, 11) is 2.57. The second-order valence-corrected chi connectivity index (χ2v) is 9.24. The number of halogens is 2. The van der Waals surface area contributed by atoms with E-state index in [4.69, 9.17) is 27.9 Å². The third kappa shape index (κ3) is 3.99. The molecular formula is C19H20Cl2N4O5S. The van der Waals surface area contributed by atoms with Gasteiger partial charge >= 0.3 is 11.9 Å². The fraction of sp³-hybridized carbons (Fsp3) is 0.474. The highest BCUT2D eigenvalue weighted by atomic mass is 35.5. The standard InChI is InChI=1S/C19H20Cl2N4O5S/c1-7-12(20)13(21)15(22-7)17(27)24-14-8-5-25(6-9(8)14)19-23-10(4-11(26)29-2)16(31-19)18(28)30-3/h8-9,14,22H,4-6H2,1-3H3,(H,24,27)/t8-,9+,14-. The predicted octanol–water partition coefficient (Wildman–Crippen LogP) is 2.45. The van der Waals surface area contributed by atoms with Crippen LogP contribution in [0.15, 0.2) is 0 Å². The number of esters is 2. The van der Waals surface area contributed by atoms with Crippen LogP contribution in [-0.4, -0.2) is 61.2 Å². The van der Waals surface area contributed by atoms with E-state index in [0.29, 0.717) is 39.5 Å². The second kappa shape index (κ2) is 8.33. The first-order chi connectivity index (χ1) is 14.7. The van der Waals surface area contributed by atoms with Gasteiger partial charge in [0, 0.05) is 36.7 Å². The van der Waals surface area contributed by atoms with Crippen molar-refractivity contribution in [1.82, 2.24) is 15.3 Å². The molecule has 4 rings (SSSR count). The number of aromatic amines is 1. The maximum Gasteiger partial charge on any atom is 0.350 e. The van der Waals surface area contributed by atoms with Gasteiger partial charge in [0.25, 0.3) is 5.91 Å². The molecule has 2 aromatic rings. The first-order valence-electron chi connectivity index (χ1n) is 9.49. The van der Waals surface area contributed by atoms with Crippen LogP contribution in [0.2, 0.25) is 10.0 Å². The summed E-state index contributed by atoms with van der Waals surface area (Å²) >= 11 is 13.4. The van der Waals surface area contributed by atoms with Crippen molar-refractivity contribution in [2.45, 2.75) is 19.4 Å². The molecule has 2 aromatic heterocycles. The van der Waals surface area contributed by atoms with Gasteiger partial charge in [-0.2, -0.15) is 0 Å². The van der Waals surface area contributed by atoms with E-state index in [1.807, 2.05) is 0 Å². The van der Waals surface area contributed by atoms with E-state index in [2.05, 4.69) is 24.9 Å². The van der Waals surface area contributed by atoms with E-state index < -0.39 is 11.9 Å². The molecule has 1 saturated carbocycles. The zero-order chi connectivity index (χ0) is 22.4. The lowest BCUT2D eigenvalue weighted by atomic mass is 10.3. The van der Waals surface area contributed by atoms with Crippen LogP contribution in [0.5, 0.6) is 0 Å². The van der Waals surface area contributed by atoms with E-state index in [9.17, 15) is 14.4 Å². The number of fused-ring (bicyclic) bond motifs is 1. The van der Waals surface area contributed by atoms with Crippen LogP contribution in [0, 0.1) is 18.8 Å². The lowest BCUT2D eigenvalue weighted by molar-refractivity contribution is -0.139. The second-order valence-electron chi connectivity index (χ2n) is 7.50. The van der Waals surface area contributed by atoms with Crippen LogP contribution in [0.3, 0.4) is 0 Å². The van der Waals surface area contributed by atoms with E-state index in [1.54, 1.807) is 6.92 Å². The molecule has 3 heterocycles. The molecule has 0 bridgehead atoms. The number of ether oxygens (including phenoxy) is 2. The SMILES string of the molecule is COC(=O)Cc1nc(N2C[C@@H]3[C@H](C2)[C@@H]3NC(=O)c2[nH]c(C)c(Cl)c2Cl)sc1C(=O)OC. The van der Waals surface area contributed by atoms with Crippen LogP contribution in [0.4, 0.5) is 5.13 Å². The highest BCUT2D eigenvalue weighted by molar-refractivity contribution is 7.17. The quantitative estimate of drug-likeness (QED) is 0.602. The number of nitrogens with zero attached hydrogens (tertiary/aromatic N) is 2. The summed E-state index contributed by atoms with van der Waals surface area (Å²) in [6.45, 7) is 3.11. The van der Waals surface area contributed by atoms with Gasteiger partial charge < -0.3 is 24.7 Å². The monoisotopic (exact) mass is 486 g/mol. The van der Waals surface area contributed by atoms with E-state index >= 15 is 0 Å². The molecule has 166 valence electrons. The van der Waals surface area contributed by atoms with Gasteiger partial charge in [-0.3, -0.25) is 9.59 Å². The lowest BCUT2D eigenvalue weighted by Crippen LogP contribution is -2.34. The Hall–Kier alpha value is -2.30. The molecule has 2 N–H and O–H groups in total. The van der Waals surface area contributed by atoms with Gasteiger partial charge in [-0.1, -0.05) is 34.5 Å². The summed E-state index contributed by atoms with van der Waals surface area (Å²) in [6.07, 6.45) is -0.101. The van der Waals surface area contributed by atoms with Crippen LogP contribution >= 0.6 is 34.5 Å². The molecule has 2 aliphatic rings. The van der Waals surface area contributed by atoms with Gasteiger partial charge in [0.2, 0.25) is 0 Å². The number of aromatic nitrogens is 2. The summed E-state index contributed by atoms with van der Waals surface area (Å²) in [5, 5.41) is 4.23. The third-order valence-corrected chi connectivity index (χ3v) is 7.73. The zero-order valence-corrected chi connectivity index (χ0v) is 19.3. The van der Waals surface area contributed by atoms with Gasteiger partial charge in [0.1, 0.15) is 10.6 Å². The average Bonchev–Trinajstić information content (AvgIpc) is 3.13. The fourth-order valence-electron chi connectivity index (χ4n) is 3.90. The number of carbonyl (C=O) groups is 3. The molecule has 2 fully saturated rings. The molecule has 31 heavy (non-hydrogen) atoms. The van der Waals surface area contributed by atoms with Crippen molar-refractivity contribution in [3.8, 4) is 0 Å². The number of aryl methyl sites for hydroxylation is 1. The molecule has 1 amide bonds. The molecule has 0 spiro atoms. The van der Waals surface area contributed by atoms with Crippen LogP contribution in [0.1, 0.15) is 31.5 Å². The molecular weight excluding hydrogens is 467 g/mol. The number of nitrogens with one attached hydrogen (secondary N) is 2. The summed E-state index contributed by atoms with van der Waals surface area (Å²) in [6, 6.07) is 0.0387. The Bertz CT molecular complexity index is 1060. The Balaban J connectivity index is 1.41. The molecule has 0 radical (unpaired) electrons. The Morgan fingerprint density at radius 1 is 1.19 bits per heavy atom. The Labute approximate surface area is 192 Å². The Morgan fingerprint density at radius 2 is 1.87 bits per heavy atom. The minimum Gasteiger partial charge on any atom is -0.469 e. The maximum atomic E-state index is 12.5. The van der Waals surface area contributed by atoms with Crippen molar-refractivity contribution in [3.05, 3.63) is 32.0 Å². The maximum absolute atomic E-state index is 12.5. The van der Waals surface area contributed by atoms with Gasteiger partial charge in [0.15, 0.2) is 5.13 Å². The summed E-state index contributed by atoms with van der Waals surface area (Å²) in [5.74, 6) is -0.762. The number of amides is 1. The van der Waals surface area contributed by atoms with Crippen molar-refractivity contribution in [1.29, 1.82) is 0 Å². The van der Waals surface area contributed by atoms with Gasteiger partial charge in [0.05, 0.1) is 36.4 Å². The number of thiazole rings is 1. The Kier molecular flexibility index (Phi) is 5.89. The third-order valence-electron chi connectivity index (χ3n) is 5.64. The number of piperidine rings is 1. The summed E-state index contributed by atoms with van der Waals surface area (Å²) in [5.41, 5.74) is 1.26. The first kappa shape index (κ1) is 21.9. The van der Waals surface area contributed by atoms with Crippen molar-refractivity contribution in [3.63, 3.8) is 0 Å². The number of carbonyl (C=O) groups excluding carboxylic acids is 3. The van der Waals surface area contributed by atoms with Crippen molar-refractivity contribution < 1.29 is 23.9 Å². The van der Waals surface area contributed by atoms with Gasteiger partial charge in [-0.15, -0.1) is 0 Å². The molecule has 0 unspecified atom stereocenters. The smallest absolute Gasteiger partial charge is 0.350 e. The van der Waals surface area contributed by atoms with Gasteiger partial charge in [-0.05, 0) is 6.92 Å². The number of methoxy groups -OCH3 is 2. The molecule has 3 atom stereocenters. The van der Waals surface area contributed by atoms with Crippen molar-refractivity contribution in [2.24, 2.45) is 11.8 Å². The lowest BCUT2D eigenvalue weighted by Gasteiger charge is -2.19. The molecule has 1 aliphatic heterocycles. The number of hydrogen-bond acceptors (Lipinski definition) is 8.